The van der Waals surface area contributed by atoms with Gasteiger partial charge in [-0.25, -0.2) is 4.79 Å². The van der Waals surface area contributed by atoms with Crippen LogP contribution >= 0.6 is 11.8 Å². The number of aliphatic carboxylic acids is 1. The first-order chi connectivity index (χ1) is 9.52. The third-order valence-corrected chi connectivity index (χ3v) is 3.46. The molecule has 6 nitrogen and oxygen atoms in total. The highest BCUT2D eigenvalue weighted by molar-refractivity contribution is 8.00. The predicted molar refractivity (Wildman–Crippen MR) is 77.8 cm³/mol. The second-order valence-corrected chi connectivity index (χ2v) is 5.13. The van der Waals surface area contributed by atoms with Gasteiger partial charge >= 0.3 is 5.97 Å². The first kappa shape index (κ1) is 16.0. The third kappa shape index (κ3) is 5.75. The SMILES string of the molecule is Cc1ccc(NC(=O)CSCC(NC=O)C(=O)O)cc1. The number of carboxylic acids is 1. The van der Waals surface area contributed by atoms with E-state index in [4.69, 9.17) is 5.11 Å². The van der Waals surface area contributed by atoms with Gasteiger partial charge in [0.1, 0.15) is 6.04 Å². The van der Waals surface area contributed by atoms with Gasteiger partial charge in [0.25, 0.3) is 0 Å². The molecule has 0 aromatic heterocycles. The van der Waals surface area contributed by atoms with Crippen LogP contribution in [0.1, 0.15) is 5.56 Å². The second kappa shape index (κ2) is 8.21. The number of aryl methyl sites for hydroxylation is 1. The van der Waals surface area contributed by atoms with Crippen LogP contribution in [0.25, 0.3) is 0 Å². The number of rotatable bonds is 8. The maximum absolute atomic E-state index is 11.6. The van der Waals surface area contributed by atoms with Gasteiger partial charge in [-0.3, -0.25) is 9.59 Å². The first-order valence-corrected chi connectivity index (χ1v) is 7.05. The molecule has 20 heavy (non-hydrogen) atoms. The van der Waals surface area contributed by atoms with Gasteiger partial charge in [0, 0.05) is 11.4 Å². The van der Waals surface area contributed by atoms with Gasteiger partial charge in [0.2, 0.25) is 12.3 Å². The van der Waals surface area contributed by atoms with Crippen LogP contribution in [0.2, 0.25) is 0 Å². The molecule has 0 aliphatic heterocycles. The molecule has 1 atom stereocenters. The lowest BCUT2D eigenvalue weighted by atomic mass is 10.2. The zero-order valence-corrected chi connectivity index (χ0v) is 11.8. The number of benzene rings is 1. The fraction of sp³-hybridized carbons (Fsp3) is 0.308. The van der Waals surface area contributed by atoms with E-state index in [-0.39, 0.29) is 17.4 Å². The molecule has 0 radical (unpaired) electrons. The van der Waals surface area contributed by atoms with Crippen LogP contribution in [-0.2, 0) is 14.4 Å². The van der Waals surface area contributed by atoms with Gasteiger partial charge in [0.05, 0.1) is 5.75 Å². The highest BCUT2D eigenvalue weighted by Gasteiger charge is 2.16. The monoisotopic (exact) mass is 296 g/mol. The molecule has 7 heteroatoms. The number of carbonyl (C=O) groups excluding carboxylic acids is 2. The number of anilines is 1. The highest BCUT2D eigenvalue weighted by Crippen LogP contribution is 2.10. The standard InChI is InChI=1S/C13H16N2O4S/c1-9-2-4-10(5-3-9)15-12(17)7-20-6-11(13(18)19)14-8-16/h2-5,8,11H,6-7H2,1H3,(H,14,16)(H,15,17)(H,18,19). The smallest absolute Gasteiger partial charge is 0.327 e. The molecule has 2 amide bonds. The lowest BCUT2D eigenvalue weighted by Crippen LogP contribution is -2.38. The van der Waals surface area contributed by atoms with Crippen molar-refractivity contribution in [1.29, 1.82) is 0 Å². The predicted octanol–water partition coefficient (Wildman–Crippen LogP) is 0.866. The van der Waals surface area contributed by atoms with Crippen molar-refractivity contribution in [2.24, 2.45) is 0 Å². The van der Waals surface area contributed by atoms with E-state index < -0.39 is 12.0 Å². The summed E-state index contributed by atoms with van der Waals surface area (Å²) >= 11 is 1.15. The molecule has 0 fully saturated rings. The second-order valence-electron chi connectivity index (χ2n) is 4.10. The zero-order chi connectivity index (χ0) is 15.0. The summed E-state index contributed by atoms with van der Waals surface area (Å²) in [4.78, 5) is 32.6. The summed E-state index contributed by atoms with van der Waals surface area (Å²) in [6, 6.07) is 6.39. The van der Waals surface area contributed by atoms with E-state index >= 15 is 0 Å². The molecule has 0 spiro atoms. The Morgan fingerprint density at radius 1 is 1.35 bits per heavy atom. The Morgan fingerprint density at radius 3 is 2.55 bits per heavy atom. The van der Waals surface area contributed by atoms with Crippen molar-refractivity contribution >= 4 is 35.7 Å². The fourth-order valence-electron chi connectivity index (χ4n) is 1.38. The number of hydrogen-bond donors (Lipinski definition) is 3. The number of nitrogens with one attached hydrogen (secondary N) is 2. The molecule has 0 heterocycles. The molecule has 0 aliphatic carbocycles. The number of carbonyl (C=O) groups is 3. The summed E-state index contributed by atoms with van der Waals surface area (Å²) in [6.07, 6.45) is 0.339. The number of amides is 2. The van der Waals surface area contributed by atoms with Crippen LogP contribution in [0.3, 0.4) is 0 Å². The van der Waals surface area contributed by atoms with Crippen LogP contribution in [0, 0.1) is 6.92 Å². The van der Waals surface area contributed by atoms with E-state index in [1.54, 1.807) is 12.1 Å². The minimum absolute atomic E-state index is 0.123. The van der Waals surface area contributed by atoms with Crippen molar-refractivity contribution in [2.75, 3.05) is 16.8 Å². The summed E-state index contributed by atoms with van der Waals surface area (Å²) in [5, 5.41) is 13.7. The fourth-order valence-corrected chi connectivity index (χ4v) is 2.23. The van der Waals surface area contributed by atoms with Crippen molar-refractivity contribution in [3.05, 3.63) is 29.8 Å². The topological polar surface area (TPSA) is 95.5 Å². The molecule has 0 aliphatic rings. The largest absolute Gasteiger partial charge is 0.480 e. The number of thioether (sulfide) groups is 1. The molecule has 1 aromatic rings. The Morgan fingerprint density at radius 2 is 2.00 bits per heavy atom. The van der Waals surface area contributed by atoms with Gasteiger partial charge in [-0.15, -0.1) is 11.8 Å². The van der Waals surface area contributed by atoms with Crippen molar-refractivity contribution < 1.29 is 19.5 Å². The van der Waals surface area contributed by atoms with Gasteiger partial charge in [-0.1, -0.05) is 17.7 Å². The minimum atomic E-state index is -1.12. The summed E-state index contributed by atoms with van der Waals surface area (Å²) in [6.45, 7) is 1.95. The molecular formula is C13H16N2O4S. The van der Waals surface area contributed by atoms with E-state index in [0.29, 0.717) is 12.1 Å². The Labute approximate surface area is 120 Å². The van der Waals surface area contributed by atoms with Crippen LogP contribution in [-0.4, -0.2) is 40.9 Å². The molecule has 0 saturated heterocycles. The lowest BCUT2D eigenvalue weighted by molar-refractivity contribution is -0.139. The lowest BCUT2D eigenvalue weighted by Gasteiger charge is -2.10. The molecule has 0 saturated carbocycles. The normalized spacial score (nSPS) is 11.4. The molecule has 108 valence electrons. The first-order valence-electron chi connectivity index (χ1n) is 5.89. The molecular weight excluding hydrogens is 280 g/mol. The molecule has 1 unspecified atom stereocenters. The molecule has 1 rings (SSSR count). The number of carboxylic acid groups (broad SMARTS) is 1. The van der Waals surface area contributed by atoms with Crippen molar-refractivity contribution in [2.45, 2.75) is 13.0 Å². The van der Waals surface area contributed by atoms with E-state index in [1.165, 1.54) is 0 Å². The van der Waals surface area contributed by atoms with Gasteiger partial charge in [0.15, 0.2) is 0 Å². The number of hydrogen-bond acceptors (Lipinski definition) is 4. The van der Waals surface area contributed by atoms with E-state index in [1.807, 2.05) is 19.1 Å². The summed E-state index contributed by atoms with van der Waals surface area (Å²) in [5.41, 5.74) is 1.80. The van der Waals surface area contributed by atoms with E-state index in [9.17, 15) is 14.4 Å². The zero-order valence-electron chi connectivity index (χ0n) is 11.0. The van der Waals surface area contributed by atoms with Crippen LogP contribution in [0.5, 0.6) is 0 Å². The molecule has 1 aromatic carbocycles. The Bertz CT molecular complexity index is 476. The van der Waals surface area contributed by atoms with Gasteiger partial charge in [-0.2, -0.15) is 0 Å². The minimum Gasteiger partial charge on any atom is -0.480 e. The Kier molecular flexibility index (Phi) is 6.58. The quantitative estimate of drug-likeness (QED) is 0.619. The van der Waals surface area contributed by atoms with E-state index in [2.05, 4.69) is 10.6 Å². The van der Waals surface area contributed by atoms with Crippen molar-refractivity contribution in [3.63, 3.8) is 0 Å². The van der Waals surface area contributed by atoms with Crippen molar-refractivity contribution in [3.8, 4) is 0 Å². The maximum Gasteiger partial charge on any atom is 0.327 e. The van der Waals surface area contributed by atoms with Gasteiger partial charge < -0.3 is 15.7 Å². The van der Waals surface area contributed by atoms with Gasteiger partial charge in [-0.05, 0) is 19.1 Å². The average Bonchev–Trinajstić information content (AvgIpc) is 2.40. The Hall–Kier alpha value is -2.02. The van der Waals surface area contributed by atoms with Crippen LogP contribution in [0.15, 0.2) is 24.3 Å². The Balaban J connectivity index is 2.34. The molecule has 0 bridgehead atoms. The van der Waals surface area contributed by atoms with Crippen molar-refractivity contribution in [1.82, 2.24) is 5.32 Å². The van der Waals surface area contributed by atoms with Crippen LogP contribution < -0.4 is 10.6 Å². The summed E-state index contributed by atoms with van der Waals surface area (Å²) in [5.74, 6) is -1.08. The van der Waals surface area contributed by atoms with Crippen LogP contribution in [0.4, 0.5) is 5.69 Å². The summed E-state index contributed by atoms with van der Waals surface area (Å²) in [7, 11) is 0. The molecule has 3 N–H and O–H groups in total. The summed E-state index contributed by atoms with van der Waals surface area (Å²) < 4.78 is 0. The third-order valence-electron chi connectivity index (χ3n) is 2.42. The maximum atomic E-state index is 11.6. The van der Waals surface area contributed by atoms with E-state index in [0.717, 1.165) is 17.3 Å². The average molecular weight is 296 g/mol. The highest BCUT2D eigenvalue weighted by atomic mass is 32.2.